The van der Waals surface area contributed by atoms with E-state index < -0.39 is 0 Å². The van der Waals surface area contributed by atoms with Gasteiger partial charge >= 0.3 is 0 Å². The summed E-state index contributed by atoms with van der Waals surface area (Å²) in [5.41, 5.74) is 9.05. The van der Waals surface area contributed by atoms with Gasteiger partial charge in [0.1, 0.15) is 5.01 Å². The van der Waals surface area contributed by atoms with E-state index in [0.717, 1.165) is 5.56 Å². The standard InChI is InChI=1S/C7H4N6S/c8-13-12-7-11-10-6(14-7)5-2-1-3-9-4-5/h1-4H. The highest BCUT2D eigenvalue weighted by Crippen LogP contribution is 2.26. The summed E-state index contributed by atoms with van der Waals surface area (Å²) in [5.74, 6) is 0. The first-order valence-electron chi connectivity index (χ1n) is 3.69. The van der Waals surface area contributed by atoms with Gasteiger partial charge in [0.25, 0.3) is 0 Å². The SMILES string of the molecule is [N-]=[N+]=Nc1nnc(-c2cccnc2)s1. The minimum Gasteiger partial charge on any atom is -0.264 e. The van der Waals surface area contributed by atoms with Gasteiger partial charge in [-0.15, -0.1) is 10.2 Å². The molecular formula is C7H4N6S. The zero-order chi connectivity index (χ0) is 9.80. The van der Waals surface area contributed by atoms with Gasteiger partial charge in [-0.3, -0.25) is 4.98 Å². The van der Waals surface area contributed by atoms with Crippen LogP contribution >= 0.6 is 11.3 Å². The maximum atomic E-state index is 8.18. The number of rotatable bonds is 2. The zero-order valence-corrected chi connectivity index (χ0v) is 7.72. The summed E-state index contributed by atoms with van der Waals surface area (Å²) in [5, 5.41) is 11.9. The Morgan fingerprint density at radius 3 is 3.07 bits per heavy atom. The molecule has 2 aromatic heterocycles. The molecule has 0 saturated heterocycles. The molecule has 0 aliphatic rings. The molecule has 2 heterocycles. The summed E-state index contributed by atoms with van der Waals surface area (Å²) in [6.45, 7) is 0. The van der Waals surface area contributed by atoms with Crippen LogP contribution in [0.1, 0.15) is 0 Å². The van der Waals surface area contributed by atoms with Crippen molar-refractivity contribution in [1.29, 1.82) is 0 Å². The Kier molecular flexibility index (Phi) is 2.35. The lowest BCUT2D eigenvalue weighted by molar-refractivity contribution is 1.08. The Morgan fingerprint density at radius 1 is 1.43 bits per heavy atom. The van der Waals surface area contributed by atoms with Crippen LogP contribution in [0.3, 0.4) is 0 Å². The van der Waals surface area contributed by atoms with Crippen LogP contribution in [0.4, 0.5) is 5.13 Å². The Bertz CT molecular complexity index is 472. The van der Waals surface area contributed by atoms with Crippen molar-refractivity contribution in [2.24, 2.45) is 5.11 Å². The first-order chi connectivity index (χ1) is 6.90. The Morgan fingerprint density at radius 2 is 2.36 bits per heavy atom. The monoisotopic (exact) mass is 204 g/mol. The summed E-state index contributed by atoms with van der Waals surface area (Å²) < 4.78 is 0. The molecule has 0 unspecified atom stereocenters. The maximum absolute atomic E-state index is 8.18. The van der Waals surface area contributed by atoms with E-state index in [-0.39, 0.29) is 0 Å². The number of hydrogen-bond donors (Lipinski definition) is 0. The van der Waals surface area contributed by atoms with Gasteiger partial charge in [-0.25, -0.2) is 0 Å². The third-order valence-corrected chi connectivity index (χ3v) is 2.31. The average molecular weight is 204 g/mol. The molecule has 0 radical (unpaired) electrons. The molecule has 0 saturated carbocycles. The van der Waals surface area contributed by atoms with Crippen molar-refractivity contribution >= 4 is 16.5 Å². The molecule has 0 spiro atoms. The molecule has 0 amide bonds. The van der Waals surface area contributed by atoms with Gasteiger partial charge in [0.15, 0.2) is 0 Å². The lowest BCUT2D eigenvalue weighted by Crippen LogP contribution is -1.76. The first-order valence-corrected chi connectivity index (χ1v) is 4.51. The van der Waals surface area contributed by atoms with Crippen molar-refractivity contribution in [1.82, 2.24) is 15.2 Å². The van der Waals surface area contributed by atoms with Crippen LogP contribution in [0.2, 0.25) is 0 Å². The first kappa shape index (κ1) is 8.61. The molecule has 2 aromatic rings. The lowest BCUT2D eigenvalue weighted by Gasteiger charge is -1.90. The highest BCUT2D eigenvalue weighted by Gasteiger charge is 2.04. The van der Waals surface area contributed by atoms with Crippen LogP contribution in [0.5, 0.6) is 0 Å². The topological polar surface area (TPSA) is 87.4 Å². The van der Waals surface area contributed by atoms with Gasteiger partial charge in [0, 0.05) is 22.9 Å². The molecule has 0 aliphatic carbocycles. The van der Waals surface area contributed by atoms with Gasteiger partial charge in [0.2, 0.25) is 5.13 Å². The quantitative estimate of drug-likeness (QED) is 0.427. The number of pyridine rings is 1. The maximum Gasteiger partial charge on any atom is 0.204 e. The van der Waals surface area contributed by atoms with Gasteiger partial charge < -0.3 is 0 Å². The van der Waals surface area contributed by atoms with Crippen LogP contribution < -0.4 is 0 Å². The van der Waals surface area contributed by atoms with E-state index in [0.29, 0.717) is 10.1 Å². The third-order valence-electron chi connectivity index (χ3n) is 1.45. The minimum atomic E-state index is 0.311. The average Bonchev–Trinajstić information content (AvgIpc) is 2.68. The van der Waals surface area contributed by atoms with Gasteiger partial charge in [-0.1, -0.05) is 11.3 Å². The van der Waals surface area contributed by atoms with Crippen LogP contribution in [-0.2, 0) is 0 Å². The number of hydrogen-bond acceptors (Lipinski definition) is 5. The van der Waals surface area contributed by atoms with Crippen LogP contribution in [-0.4, -0.2) is 15.2 Å². The highest BCUT2D eigenvalue weighted by atomic mass is 32.1. The molecule has 0 N–H and O–H groups in total. The summed E-state index contributed by atoms with van der Waals surface area (Å²) in [6.07, 6.45) is 3.36. The second-order valence-corrected chi connectivity index (χ2v) is 3.28. The molecule has 7 heteroatoms. The van der Waals surface area contributed by atoms with E-state index in [1.807, 2.05) is 12.1 Å². The van der Waals surface area contributed by atoms with E-state index in [1.165, 1.54) is 11.3 Å². The fourth-order valence-corrected chi connectivity index (χ4v) is 1.55. The van der Waals surface area contributed by atoms with E-state index in [4.69, 9.17) is 5.53 Å². The largest absolute Gasteiger partial charge is 0.264 e. The van der Waals surface area contributed by atoms with Crippen molar-refractivity contribution in [3.63, 3.8) is 0 Å². The van der Waals surface area contributed by atoms with Crippen molar-refractivity contribution < 1.29 is 0 Å². The van der Waals surface area contributed by atoms with E-state index in [2.05, 4.69) is 25.2 Å². The van der Waals surface area contributed by atoms with E-state index in [9.17, 15) is 0 Å². The summed E-state index contributed by atoms with van der Waals surface area (Å²) >= 11 is 1.23. The minimum absolute atomic E-state index is 0.311. The summed E-state index contributed by atoms with van der Waals surface area (Å²) in [7, 11) is 0. The van der Waals surface area contributed by atoms with E-state index in [1.54, 1.807) is 12.4 Å². The molecule has 14 heavy (non-hydrogen) atoms. The second-order valence-electron chi connectivity index (χ2n) is 2.32. The third kappa shape index (κ3) is 1.68. The number of nitrogens with zero attached hydrogens (tertiary/aromatic N) is 6. The van der Waals surface area contributed by atoms with Crippen LogP contribution in [0, 0.1) is 0 Å². The van der Waals surface area contributed by atoms with Crippen molar-refractivity contribution in [2.45, 2.75) is 0 Å². The highest BCUT2D eigenvalue weighted by molar-refractivity contribution is 7.18. The zero-order valence-electron chi connectivity index (χ0n) is 6.90. The van der Waals surface area contributed by atoms with E-state index >= 15 is 0 Å². The second kappa shape index (κ2) is 3.82. The Hall–Kier alpha value is -1.98. The fourth-order valence-electron chi connectivity index (χ4n) is 0.900. The Labute approximate surface area is 82.9 Å². The molecule has 0 bridgehead atoms. The lowest BCUT2D eigenvalue weighted by atomic mass is 10.3. The predicted octanol–water partition coefficient (Wildman–Crippen LogP) is 2.54. The molecule has 6 nitrogen and oxygen atoms in total. The van der Waals surface area contributed by atoms with Gasteiger partial charge in [-0.05, 0) is 22.8 Å². The van der Waals surface area contributed by atoms with Gasteiger partial charge in [0.05, 0.1) is 0 Å². The van der Waals surface area contributed by atoms with Crippen LogP contribution in [0.25, 0.3) is 21.0 Å². The van der Waals surface area contributed by atoms with Crippen LogP contribution in [0.15, 0.2) is 29.6 Å². The van der Waals surface area contributed by atoms with Gasteiger partial charge in [-0.2, -0.15) is 0 Å². The molecule has 68 valence electrons. The van der Waals surface area contributed by atoms with Crippen molar-refractivity contribution in [3.8, 4) is 10.6 Å². The molecule has 0 atom stereocenters. The number of aromatic nitrogens is 3. The molecular weight excluding hydrogens is 200 g/mol. The van der Waals surface area contributed by atoms with Crippen molar-refractivity contribution in [2.75, 3.05) is 0 Å². The Balaban J connectivity index is 2.39. The number of azide groups is 1. The van der Waals surface area contributed by atoms with Crippen molar-refractivity contribution in [3.05, 3.63) is 35.0 Å². The molecule has 2 rings (SSSR count). The predicted molar refractivity (Wildman–Crippen MR) is 51.9 cm³/mol. The molecule has 0 aromatic carbocycles. The summed E-state index contributed by atoms with van der Waals surface area (Å²) in [6, 6.07) is 3.68. The normalized spacial score (nSPS) is 9.43. The molecule has 0 aliphatic heterocycles. The fraction of sp³-hybridized carbons (Fsp3) is 0. The summed E-state index contributed by atoms with van der Waals surface area (Å²) in [4.78, 5) is 6.58. The smallest absolute Gasteiger partial charge is 0.204 e. The molecule has 0 fully saturated rings.